The van der Waals surface area contributed by atoms with Crippen molar-refractivity contribution in [1.82, 2.24) is 0 Å². The van der Waals surface area contributed by atoms with Crippen LogP contribution < -0.4 is 31.8 Å². The zero-order valence-electron chi connectivity index (χ0n) is 20.8. The second-order valence-corrected chi connectivity index (χ2v) is 16.0. The average molecular weight is 507 g/mol. The van der Waals surface area contributed by atoms with Gasteiger partial charge in [0.05, 0.1) is 0 Å². The van der Waals surface area contributed by atoms with Crippen molar-refractivity contribution < 1.29 is 4.89 Å². The minimum atomic E-state index is -3.73. The van der Waals surface area contributed by atoms with E-state index in [1.165, 1.54) is 21.5 Å². The van der Waals surface area contributed by atoms with Crippen LogP contribution in [0.25, 0.3) is 0 Å². The molecule has 5 aromatic rings. The molecule has 1 nitrogen and oxygen atoms in total. The fourth-order valence-electron chi connectivity index (χ4n) is 5.24. The monoisotopic (exact) mass is 506 g/mol. The summed E-state index contributed by atoms with van der Waals surface area (Å²) >= 11 is 0. The second-order valence-electron chi connectivity index (χ2n) is 9.31. The Labute approximate surface area is 216 Å². The van der Waals surface area contributed by atoms with Crippen LogP contribution in [0, 0.1) is 0 Å². The average Bonchev–Trinajstić information content (AvgIpc) is 2.95. The quantitative estimate of drug-likeness (QED) is 0.294. The molecule has 0 aliphatic heterocycles. The molecule has 0 aliphatic rings. The molecule has 180 valence electrons. The molecule has 0 saturated heterocycles. The van der Waals surface area contributed by atoms with Crippen molar-refractivity contribution in [3.8, 4) is 0 Å². The molecule has 0 saturated carbocycles. The van der Waals surface area contributed by atoms with Crippen molar-refractivity contribution in [2.24, 2.45) is 0 Å². The van der Waals surface area contributed by atoms with Gasteiger partial charge in [-0.2, -0.15) is 0 Å². The Morgan fingerprint density at radius 3 is 1.39 bits per heavy atom. The molecule has 0 bridgehead atoms. The first-order valence-electron chi connectivity index (χ1n) is 12.4. The molecular formula is C33H32OP2. The Balaban J connectivity index is 1.84. The van der Waals surface area contributed by atoms with E-state index in [1.807, 2.05) is 36.4 Å². The summed E-state index contributed by atoms with van der Waals surface area (Å²) in [6, 6.07) is 48.8. The first-order valence-corrected chi connectivity index (χ1v) is 16.4. The van der Waals surface area contributed by atoms with E-state index < -0.39 is 14.8 Å². The van der Waals surface area contributed by atoms with Crippen LogP contribution in [0.1, 0.15) is 12.5 Å². The van der Waals surface area contributed by atoms with Crippen molar-refractivity contribution in [1.29, 1.82) is 0 Å². The van der Waals surface area contributed by atoms with Crippen LogP contribution in [0.15, 0.2) is 140 Å². The van der Waals surface area contributed by atoms with Gasteiger partial charge in [0, 0.05) is 0 Å². The van der Waals surface area contributed by atoms with E-state index in [0.29, 0.717) is 0 Å². The Bertz CT molecular complexity index is 1350. The van der Waals surface area contributed by atoms with Crippen LogP contribution >= 0.6 is 14.8 Å². The zero-order valence-corrected chi connectivity index (χ0v) is 22.6. The third kappa shape index (κ3) is 4.23. The van der Waals surface area contributed by atoms with Gasteiger partial charge in [-0.1, -0.05) is 0 Å². The number of hydrogen-bond acceptors (Lipinski definition) is 1. The Morgan fingerprint density at radius 1 is 0.556 bits per heavy atom. The number of hydrogen-bond donors (Lipinski definition) is 1. The van der Waals surface area contributed by atoms with Crippen LogP contribution in [0.5, 0.6) is 0 Å². The molecular weight excluding hydrogens is 474 g/mol. The molecule has 5 rings (SSSR count). The second kappa shape index (κ2) is 10.1. The summed E-state index contributed by atoms with van der Waals surface area (Å²) in [6.45, 7) is 0.593. The molecule has 0 radical (unpaired) electrons. The first kappa shape index (κ1) is 24.6. The molecule has 0 unspecified atom stereocenters. The Hall–Kier alpha value is -3.08. The summed E-state index contributed by atoms with van der Waals surface area (Å²) in [4.78, 5) is 13.2. The predicted molar refractivity (Wildman–Crippen MR) is 161 cm³/mol. The van der Waals surface area contributed by atoms with Crippen LogP contribution in [-0.4, -0.2) is 11.6 Å². The molecule has 0 aliphatic carbocycles. The van der Waals surface area contributed by atoms with Crippen molar-refractivity contribution in [3.05, 3.63) is 145 Å². The fourth-order valence-corrected chi connectivity index (χ4v) is 12.0. The molecule has 0 amide bonds. The summed E-state index contributed by atoms with van der Waals surface area (Å²) in [6.07, 6.45) is 0.843. The van der Waals surface area contributed by atoms with E-state index in [2.05, 4.69) is 117 Å². The van der Waals surface area contributed by atoms with Crippen LogP contribution in [-0.2, 0) is 6.42 Å². The predicted octanol–water partition coefficient (Wildman–Crippen LogP) is 5.37. The van der Waals surface area contributed by atoms with Gasteiger partial charge in [0.2, 0.25) is 0 Å². The third-order valence-corrected chi connectivity index (χ3v) is 14.4. The van der Waals surface area contributed by atoms with E-state index in [9.17, 15) is 4.89 Å². The van der Waals surface area contributed by atoms with E-state index in [0.717, 1.165) is 22.3 Å². The SMILES string of the molecule is CCc1c(P(c2ccccc2)c2ccccc2)cccc1P(C)(O)(c1ccccc1)c1ccccc1. The number of rotatable bonds is 7. The van der Waals surface area contributed by atoms with Gasteiger partial charge < -0.3 is 0 Å². The minimum absolute atomic E-state index is 0.786. The molecule has 0 aromatic heterocycles. The summed E-state index contributed by atoms with van der Waals surface area (Å²) in [5.74, 6) is 0. The summed E-state index contributed by atoms with van der Waals surface area (Å²) in [7, 11) is -0.786. The van der Waals surface area contributed by atoms with Gasteiger partial charge >= 0.3 is 217 Å². The van der Waals surface area contributed by atoms with Gasteiger partial charge in [0.15, 0.2) is 0 Å². The van der Waals surface area contributed by atoms with E-state index in [1.54, 1.807) is 0 Å². The Kier molecular flexibility index (Phi) is 6.92. The van der Waals surface area contributed by atoms with Crippen molar-refractivity contribution >= 4 is 46.6 Å². The topological polar surface area (TPSA) is 20.2 Å². The molecule has 3 heteroatoms. The van der Waals surface area contributed by atoms with E-state index >= 15 is 0 Å². The molecule has 0 fully saturated rings. The summed E-state index contributed by atoms with van der Waals surface area (Å²) in [5, 5.41) is 7.01. The molecule has 0 atom stereocenters. The van der Waals surface area contributed by atoms with Gasteiger partial charge in [-0.25, -0.2) is 0 Å². The first-order chi connectivity index (χ1) is 17.5. The molecule has 36 heavy (non-hydrogen) atoms. The van der Waals surface area contributed by atoms with Crippen LogP contribution in [0.3, 0.4) is 0 Å². The van der Waals surface area contributed by atoms with Crippen molar-refractivity contribution in [2.45, 2.75) is 13.3 Å². The van der Waals surface area contributed by atoms with Gasteiger partial charge in [0.25, 0.3) is 0 Å². The van der Waals surface area contributed by atoms with Gasteiger partial charge in [-0.3, -0.25) is 0 Å². The van der Waals surface area contributed by atoms with Gasteiger partial charge in [-0.05, 0) is 0 Å². The van der Waals surface area contributed by atoms with Gasteiger partial charge in [-0.15, -0.1) is 0 Å². The van der Waals surface area contributed by atoms with Crippen LogP contribution in [0.2, 0.25) is 0 Å². The van der Waals surface area contributed by atoms with E-state index in [4.69, 9.17) is 0 Å². The normalized spacial score (nSPS) is 12.7. The maximum atomic E-state index is 13.2. The fraction of sp³-hybridized carbons (Fsp3) is 0.0909. The molecule has 0 heterocycles. The molecule has 0 spiro atoms. The van der Waals surface area contributed by atoms with Crippen LogP contribution in [0.4, 0.5) is 0 Å². The third-order valence-electron chi connectivity index (χ3n) is 7.12. The Morgan fingerprint density at radius 2 is 0.972 bits per heavy atom. The zero-order chi connectivity index (χ0) is 25.0. The van der Waals surface area contributed by atoms with Crippen molar-refractivity contribution in [2.75, 3.05) is 6.66 Å². The standard InChI is InChI=1S/C33H32OP2/c1-3-31-32(35(27-17-8-4-9-18-27)28-19-10-5-11-20-28)25-16-26-33(31)36(2,34,29-21-12-6-13-22-29)30-23-14-7-15-24-30/h4-26,34H,3H2,1-2H3. The van der Waals surface area contributed by atoms with E-state index in [-0.39, 0.29) is 0 Å². The van der Waals surface area contributed by atoms with Gasteiger partial charge in [0.1, 0.15) is 0 Å². The molecule has 1 N–H and O–H groups in total. The summed E-state index contributed by atoms with van der Waals surface area (Å²) < 4.78 is 0. The maximum absolute atomic E-state index is 13.2. The summed E-state index contributed by atoms with van der Waals surface area (Å²) in [5.41, 5.74) is 1.26. The molecule has 5 aromatic carbocycles. The number of benzene rings is 5. The van der Waals surface area contributed by atoms with Crippen molar-refractivity contribution in [3.63, 3.8) is 0 Å².